The Morgan fingerprint density at radius 3 is 2.72 bits per heavy atom. The molecule has 1 atom stereocenters. The lowest BCUT2D eigenvalue weighted by Gasteiger charge is -2.26. The Morgan fingerprint density at radius 1 is 1.48 bits per heavy atom. The third-order valence-corrected chi connectivity index (χ3v) is 3.63. The molecule has 12 heteroatoms. The van der Waals surface area contributed by atoms with Crippen LogP contribution in [0.4, 0.5) is 11.5 Å². The summed E-state index contributed by atoms with van der Waals surface area (Å²) in [4.78, 5) is 42.0. The van der Waals surface area contributed by atoms with Gasteiger partial charge in [0.25, 0.3) is 0 Å². The number of nitrogens with zero attached hydrogens (tertiary/aromatic N) is 3. The van der Waals surface area contributed by atoms with E-state index in [1.54, 1.807) is 0 Å². The molecule has 1 saturated heterocycles. The molecule has 0 aliphatic carbocycles. The predicted octanol–water partition coefficient (Wildman–Crippen LogP) is 0.959. The quantitative estimate of drug-likeness (QED) is 0.331. The molecule has 2 rings (SSSR count). The van der Waals surface area contributed by atoms with Crippen LogP contribution in [0.25, 0.3) is 0 Å². The summed E-state index contributed by atoms with van der Waals surface area (Å²) in [6.07, 6.45) is 0.188. The molecule has 1 aliphatic heterocycles. The van der Waals surface area contributed by atoms with Crippen molar-refractivity contribution in [2.45, 2.75) is 18.9 Å². The second-order valence-electron chi connectivity index (χ2n) is 5.02. The highest BCUT2D eigenvalue weighted by Crippen LogP contribution is 2.33. The molecule has 1 aromatic heterocycles. The van der Waals surface area contributed by atoms with Crippen molar-refractivity contribution >= 4 is 35.0 Å². The van der Waals surface area contributed by atoms with E-state index in [0.717, 1.165) is 0 Å². The van der Waals surface area contributed by atoms with Gasteiger partial charge in [-0.15, -0.1) is 0 Å². The number of methoxy groups -OCH3 is 1. The van der Waals surface area contributed by atoms with Crippen LogP contribution in [0.2, 0.25) is 5.28 Å². The van der Waals surface area contributed by atoms with Crippen LogP contribution in [0.5, 0.6) is 0 Å². The summed E-state index contributed by atoms with van der Waals surface area (Å²) >= 11 is 5.78. The number of anilines is 1. The fourth-order valence-electron chi connectivity index (χ4n) is 2.33. The molecule has 1 aliphatic rings. The van der Waals surface area contributed by atoms with E-state index in [0.29, 0.717) is 0 Å². The number of hydrogen-bond acceptors (Lipinski definition) is 10. The summed E-state index contributed by atoms with van der Waals surface area (Å²) in [7, 11) is 1.18. The van der Waals surface area contributed by atoms with Crippen molar-refractivity contribution in [2.75, 3.05) is 32.2 Å². The maximum Gasteiger partial charge on any atom is 0.364 e. The molecular formula is C13H15ClN4O7. The van der Waals surface area contributed by atoms with Gasteiger partial charge in [-0.2, -0.15) is 4.98 Å². The van der Waals surface area contributed by atoms with Gasteiger partial charge in [-0.25, -0.2) is 14.6 Å². The molecule has 2 heterocycles. The minimum Gasteiger partial charge on any atom is -0.467 e. The van der Waals surface area contributed by atoms with Crippen molar-refractivity contribution in [2.24, 2.45) is 0 Å². The first-order chi connectivity index (χ1) is 11.8. The lowest BCUT2D eigenvalue weighted by molar-refractivity contribution is -0.384. The molecule has 0 aromatic carbocycles. The first-order valence-corrected chi connectivity index (χ1v) is 7.56. The first-order valence-electron chi connectivity index (χ1n) is 7.18. The number of ether oxygens (including phenoxy) is 3. The van der Waals surface area contributed by atoms with E-state index in [-0.39, 0.29) is 26.2 Å². The second-order valence-corrected chi connectivity index (χ2v) is 5.36. The van der Waals surface area contributed by atoms with Crippen LogP contribution in [0.15, 0.2) is 0 Å². The van der Waals surface area contributed by atoms with Gasteiger partial charge in [-0.1, -0.05) is 0 Å². The third kappa shape index (κ3) is 3.77. The van der Waals surface area contributed by atoms with Crippen molar-refractivity contribution < 1.29 is 28.7 Å². The zero-order chi connectivity index (χ0) is 18.6. The van der Waals surface area contributed by atoms with Gasteiger partial charge in [-0.05, 0) is 18.5 Å². The predicted molar refractivity (Wildman–Crippen MR) is 83.5 cm³/mol. The van der Waals surface area contributed by atoms with Gasteiger partial charge in [0, 0.05) is 13.0 Å². The van der Waals surface area contributed by atoms with E-state index in [9.17, 15) is 19.7 Å². The van der Waals surface area contributed by atoms with Gasteiger partial charge in [0.05, 0.1) is 25.2 Å². The summed E-state index contributed by atoms with van der Waals surface area (Å²) in [6, 6.07) is 0. The van der Waals surface area contributed by atoms with Crippen molar-refractivity contribution in [1.82, 2.24) is 9.97 Å². The summed E-state index contributed by atoms with van der Waals surface area (Å²) in [5.41, 5.74) is -2.75. The molecule has 1 aromatic rings. The van der Waals surface area contributed by atoms with Crippen molar-refractivity contribution in [3.05, 3.63) is 21.1 Å². The zero-order valence-corrected chi connectivity index (χ0v) is 14.2. The molecule has 11 nitrogen and oxygen atoms in total. The van der Waals surface area contributed by atoms with Gasteiger partial charge in [0.2, 0.25) is 16.8 Å². The zero-order valence-electron chi connectivity index (χ0n) is 13.4. The summed E-state index contributed by atoms with van der Waals surface area (Å²) in [5.74, 6) is -2.12. The molecule has 25 heavy (non-hydrogen) atoms. The van der Waals surface area contributed by atoms with Gasteiger partial charge < -0.3 is 19.5 Å². The second kappa shape index (κ2) is 7.57. The molecule has 136 valence electrons. The number of nitro groups is 1. The normalized spacial score (nSPS) is 19.3. The van der Waals surface area contributed by atoms with E-state index in [2.05, 4.69) is 15.3 Å². The lowest BCUT2D eigenvalue weighted by Crippen LogP contribution is -2.48. The number of carbonyl (C=O) groups excluding carboxylic acids is 2. The molecule has 1 N–H and O–H groups in total. The van der Waals surface area contributed by atoms with Gasteiger partial charge in [0.1, 0.15) is 0 Å². The van der Waals surface area contributed by atoms with Crippen LogP contribution in [0.3, 0.4) is 0 Å². The third-order valence-electron chi connectivity index (χ3n) is 3.46. The highest BCUT2D eigenvalue weighted by molar-refractivity contribution is 6.28. The smallest absolute Gasteiger partial charge is 0.364 e. The van der Waals surface area contributed by atoms with Gasteiger partial charge >= 0.3 is 17.6 Å². The van der Waals surface area contributed by atoms with E-state index in [1.165, 1.54) is 14.0 Å². The minimum atomic E-state index is -1.39. The Hall–Kier alpha value is -2.53. The molecule has 0 spiro atoms. The van der Waals surface area contributed by atoms with Crippen molar-refractivity contribution in [1.29, 1.82) is 0 Å². The number of rotatable bonds is 6. The molecular weight excluding hydrogens is 360 g/mol. The van der Waals surface area contributed by atoms with Crippen LogP contribution in [0, 0.1) is 10.1 Å². The fraction of sp³-hybridized carbons (Fsp3) is 0.538. The Morgan fingerprint density at radius 2 is 2.20 bits per heavy atom. The lowest BCUT2D eigenvalue weighted by atomic mass is 9.99. The van der Waals surface area contributed by atoms with Crippen LogP contribution in [-0.4, -0.2) is 59.3 Å². The van der Waals surface area contributed by atoms with E-state index in [1.807, 2.05) is 0 Å². The molecule has 1 unspecified atom stereocenters. The molecule has 0 radical (unpaired) electrons. The number of halogens is 1. The summed E-state index contributed by atoms with van der Waals surface area (Å²) in [5, 5.41) is 13.7. The summed E-state index contributed by atoms with van der Waals surface area (Å²) < 4.78 is 14.7. The van der Waals surface area contributed by atoms with Crippen LogP contribution in [-0.2, 0) is 19.0 Å². The number of aromatic nitrogens is 2. The maximum atomic E-state index is 12.1. The Bertz CT molecular complexity index is 706. The molecule has 0 bridgehead atoms. The standard InChI is InChI=1S/C13H15ClN4O7/c1-3-25-10(19)7-8(18(21)22)9(16-12(14)15-7)17-13(11(20)23-2)4-5-24-6-13/h3-6H2,1-2H3,(H,15,16,17). The van der Waals surface area contributed by atoms with Crippen LogP contribution >= 0.6 is 11.6 Å². The summed E-state index contributed by atoms with van der Waals surface area (Å²) in [6.45, 7) is 1.67. The van der Waals surface area contributed by atoms with Gasteiger partial charge in [-0.3, -0.25) is 10.1 Å². The van der Waals surface area contributed by atoms with E-state index < -0.39 is 44.9 Å². The van der Waals surface area contributed by atoms with Crippen LogP contribution in [0.1, 0.15) is 23.8 Å². The average molecular weight is 375 g/mol. The fourth-order valence-corrected chi connectivity index (χ4v) is 2.50. The van der Waals surface area contributed by atoms with E-state index in [4.69, 9.17) is 25.8 Å². The molecule has 1 fully saturated rings. The Balaban J connectivity index is 2.54. The van der Waals surface area contributed by atoms with Crippen molar-refractivity contribution in [3.63, 3.8) is 0 Å². The topological polar surface area (TPSA) is 143 Å². The first kappa shape index (κ1) is 18.8. The molecule has 0 amide bonds. The number of carbonyl (C=O) groups is 2. The maximum absolute atomic E-state index is 12.1. The number of esters is 2. The molecule has 0 saturated carbocycles. The SMILES string of the molecule is CCOC(=O)c1nc(Cl)nc(NC2(C(=O)OC)CCOC2)c1[N+](=O)[O-]. The largest absolute Gasteiger partial charge is 0.467 e. The monoisotopic (exact) mass is 374 g/mol. The Labute approximate surface area is 146 Å². The number of hydrogen-bond donors (Lipinski definition) is 1. The minimum absolute atomic E-state index is 0.0136. The average Bonchev–Trinajstić information content (AvgIpc) is 3.03. The van der Waals surface area contributed by atoms with Crippen molar-refractivity contribution in [3.8, 4) is 0 Å². The van der Waals surface area contributed by atoms with E-state index >= 15 is 0 Å². The Kier molecular flexibility index (Phi) is 5.69. The highest BCUT2D eigenvalue weighted by Gasteiger charge is 2.46. The number of nitrogens with one attached hydrogen (secondary N) is 1. The highest BCUT2D eigenvalue weighted by atomic mass is 35.5. The van der Waals surface area contributed by atoms with Gasteiger partial charge in [0.15, 0.2) is 5.54 Å². The van der Waals surface area contributed by atoms with Crippen LogP contribution < -0.4 is 5.32 Å².